The maximum Gasteiger partial charge on any atom is 0.315 e. The van der Waals surface area contributed by atoms with Crippen LogP contribution in [0.2, 0.25) is 0 Å². The molecule has 2 aliphatic rings. The molecule has 2 N–H and O–H groups in total. The minimum atomic E-state index is -0.0211. The highest BCUT2D eigenvalue weighted by Gasteiger charge is 2.29. The lowest BCUT2D eigenvalue weighted by Crippen LogP contribution is -2.46. The van der Waals surface area contributed by atoms with Crippen LogP contribution >= 0.6 is 11.3 Å². The predicted octanol–water partition coefficient (Wildman–Crippen LogP) is 3.46. The topological polar surface area (TPSA) is 50.4 Å². The van der Waals surface area contributed by atoms with E-state index in [2.05, 4.69) is 28.1 Å². The molecular formula is C16H24N2O2S. The van der Waals surface area contributed by atoms with Crippen LogP contribution in [0.25, 0.3) is 0 Å². The van der Waals surface area contributed by atoms with Crippen LogP contribution < -0.4 is 10.6 Å². The van der Waals surface area contributed by atoms with Gasteiger partial charge in [0.15, 0.2) is 0 Å². The van der Waals surface area contributed by atoms with E-state index in [1.807, 2.05) is 0 Å². The molecule has 0 aromatic carbocycles. The van der Waals surface area contributed by atoms with Crippen LogP contribution in [0.15, 0.2) is 17.5 Å². The Hall–Kier alpha value is -1.07. The first-order chi connectivity index (χ1) is 10.3. The van der Waals surface area contributed by atoms with Gasteiger partial charge >= 0.3 is 6.03 Å². The van der Waals surface area contributed by atoms with Crippen LogP contribution in [-0.2, 0) is 4.74 Å². The Labute approximate surface area is 130 Å². The van der Waals surface area contributed by atoms with Crippen LogP contribution in [0.1, 0.15) is 49.4 Å². The standard InChI is InChI=1S/C16H24N2O2S/c19-16(17-13-7-9-20-10-8-13)18-15(12-4-1-2-5-12)14-6-3-11-21-14/h3,6,11-13,15H,1-2,4-5,7-10H2,(H2,17,18,19)/t15-/m1/s1. The van der Waals surface area contributed by atoms with Crippen molar-refractivity contribution < 1.29 is 9.53 Å². The molecule has 0 spiro atoms. The third kappa shape index (κ3) is 3.98. The fraction of sp³-hybridized carbons (Fsp3) is 0.688. The van der Waals surface area contributed by atoms with Crippen molar-refractivity contribution in [2.24, 2.45) is 5.92 Å². The van der Waals surface area contributed by atoms with Crippen LogP contribution in [0.3, 0.4) is 0 Å². The SMILES string of the molecule is O=C(NC1CCOCC1)N[C@@H](c1cccs1)C1CCCC1. The Morgan fingerprint density at radius 1 is 1.24 bits per heavy atom. The summed E-state index contributed by atoms with van der Waals surface area (Å²) in [5, 5.41) is 8.43. The van der Waals surface area contributed by atoms with Gasteiger partial charge in [0.05, 0.1) is 6.04 Å². The normalized spacial score (nSPS) is 22.1. The maximum absolute atomic E-state index is 12.3. The molecule has 2 heterocycles. The summed E-state index contributed by atoms with van der Waals surface area (Å²) in [7, 11) is 0. The number of hydrogen-bond donors (Lipinski definition) is 2. The van der Waals surface area contributed by atoms with Gasteiger partial charge in [0.25, 0.3) is 0 Å². The van der Waals surface area contributed by atoms with E-state index >= 15 is 0 Å². The van der Waals surface area contributed by atoms with Crippen molar-refractivity contribution in [1.82, 2.24) is 10.6 Å². The van der Waals surface area contributed by atoms with Crippen LogP contribution in [0.4, 0.5) is 4.79 Å². The molecule has 1 aromatic rings. The fourth-order valence-corrected chi connectivity index (χ4v) is 4.26. The van der Waals surface area contributed by atoms with Crippen molar-refractivity contribution in [3.63, 3.8) is 0 Å². The molecule has 3 rings (SSSR count). The van der Waals surface area contributed by atoms with Gasteiger partial charge in [-0.3, -0.25) is 0 Å². The summed E-state index contributed by atoms with van der Waals surface area (Å²) in [6, 6.07) is 4.62. The second-order valence-electron chi connectivity index (χ2n) is 6.04. The highest BCUT2D eigenvalue weighted by atomic mass is 32.1. The summed E-state index contributed by atoms with van der Waals surface area (Å²) in [4.78, 5) is 13.6. The van der Waals surface area contributed by atoms with E-state index in [0.29, 0.717) is 5.92 Å². The molecule has 0 unspecified atom stereocenters. The molecule has 1 aliphatic carbocycles. The van der Waals surface area contributed by atoms with Gasteiger partial charge in [-0.2, -0.15) is 0 Å². The molecule has 5 heteroatoms. The molecule has 0 bridgehead atoms. The number of amides is 2. The van der Waals surface area contributed by atoms with E-state index in [9.17, 15) is 4.79 Å². The van der Waals surface area contributed by atoms with Gasteiger partial charge in [-0.1, -0.05) is 18.9 Å². The lowest BCUT2D eigenvalue weighted by atomic mass is 9.97. The zero-order valence-electron chi connectivity index (χ0n) is 12.3. The molecule has 116 valence electrons. The van der Waals surface area contributed by atoms with Crippen LogP contribution in [0, 0.1) is 5.92 Å². The number of carbonyl (C=O) groups excluding carboxylic acids is 1. The minimum absolute atomic E-state index is 0.0211. The zero-order valence-corrected chi connectivity index (χ0v) is 13.2. The van der Waals surface area contributed by atoms with Gasteiger partial charge in [-0.15, -0.1) is 11.3 Å². The Bertz CT molecular complexity index is 437. The van der Waals surface area contributed by atoms with Crippen molar-refractivity contribution in [2.45, 2.75) is 50.6 Å². The number of nitrogens with one attached hydrogen (secondary N) is 2. The summed E-state index contributed by atoms with van der Waals surface area (Å²) < 4.78 is 5.33. The molecule has 2 amide bonds. The summed E-state index contributed by atoms with van der Waals surface area (Å²) in [5.74, 6) is 0.587. The summed E-state index contributed by atoms with van der Waals surface area (Å²) in [6.07, 6.45) is 6.85. The molecule has 4 nitrogen and oxygen atoms in total. The second kappa shape index (κ2) is 7.27. The average molecular weight is 308 g/mol. The van der Waals surface area contributed by atoms with E-state index in [1.165, 1.54) is 30.6 Å². The van der Waals surface area contributed by atoms with E-state index in [1.54, 1.807) is 11.3 Å². The molecule has 1 aliphatic heterocycles. The van der Waals surface area contributed by atoms with Crippen molar-refractivity contribution in [3.8, 4) is 0 Å². The molecule has 0 radical (unpaired) electrons. The van der Waals surface area contributed by atoms with Gasteiger partial charge in [-0.25, -0.2) is 4.79 Å². The number of hydrogen-bond acceptors (Lipinski definition) is 3. The summed E-state index contributed by atoms with van der Waals surface area (Å²) in [5.41, 5.74) is 0. The maximum atomic E-state index is 12.3. The molecule has 1 saturated heterocycles. The largest absolute Gasteiger partial charge is 0.381 e. The molecule has 1 aromatic heterocycles. The first kappa shape index (κ1) is 14.9. The van der Waals surface area contributed by atoms with Gasteiger partial charge in [-0.05, 0) is 43.0 Å². The zero-order chi connectivity index (χ0) is 14.5. The van der Waals surface area contributed by atoms with Crippen molar-refractivity contribution >= 4 is 17.4 Å². The molecule has 2 fully saturated rings. The van der Waals surface area contributed by atoms with Crippen molar-refractivity contribution in [2.75, 3.05) is 13.2 Å². The van der Waals surface area contributed by atoms with E-state index in [0.717, 1.165) is 26.1 Å². The van der Waals surface area contributed by atoms with E-state index in [-0.39, 0.29) is 18.1 Å². The number of ether oxygens (including phenoxy) is 1. The average Bonchev–Trinajstić information content (AvgIpc) is 3.19. The van der Waals surface area contributed by atoms with Gasteiger partial charge < -0.3 is 15.4 Å². The summed E-state index contributed by atoms with van der Waals surface area (Å²) >= 11 is 1.74. The monoisotopic (exact) mass is 308 g/mol. The number of carbonyl (C=O) groups is 1. The summed E-state index contributed by atoms with van der Waals surface area (Å²) in [6.45, 7) is 1.50. The molecular weight excluding hydrogens is 284 g/mol. The van der Waals surface area contributed by atoms with E-state index in [4.69, 9.17) is 4.74 Å². The predicted molar refractivity (Wildman–Crippen MR) is 84.5 cm³/mol. The minimum Gasteiger partial charge on any atom is -0.381 e. The Morgan fingerprint density at radius 2 is 2.00 bits per heavy atom. The first-order valence-electron chi connectivity index (χ1n) is 8.01. The lowest BCUT2D eigenvalue weighted by Gasteiger charge is -2.27. The molecule has 21 heavy (non-hydrogen) atoms. The highest BCUT2D eigenvalue weighted by molar-refractivity contribution is 7.10. The van der Waals surface area contributed by atoms with Crippen molar-refractivity contribution in [3.05, 3.63) is 22.4 Å². The van der Waals surface area contributed by atoms with Crippen LogP contribution in [-0.4, -0.2) is 25.3 Å². The Balaban J connectivity index is 1.59. The molecule has 1 atom stereocenters. The Kier molecular flexibility index (Phi) is 5.14. The van der Waals surface area contributed by atoms with Gasteiger partial charge in [0, 0.05) is 24.1 Å². The lowest BCUT2D eigenvalue weighted by molar-refractivity contribution is 0.0798. The number of rotatable bonds is 4. The third-order valence-corrected chi connectivity index (χ3v) is 5.52. The highest BCUT2D eigenvalue weighted by Crippen LogP contribution is 2.37. The van der Waals surface area contributed by atoms with Gasteiger partial charge in [0.2, 0.25) is 0 Å². The number of thiophene rings is 1. The molecule has 1 saturated carbocycles. The number of urea groups is 1. The van der Waals surface area contributed by atoms with Crippen LogP contribution in [0.5, 0.6) is 0 Å². The van der Waals surface area contributed by atoms with E-state index < -0.39 is 0 Å². The Morgan fingerprint density at radius 3 is 2.67 bits per heavy atom. The van der Waals surface area contributed by atoms with Crippen molar-refractivity contribution in [1.29, 1.82) is 0 Å². The quantitative estimate of drug-likeness (QED) is 0.895. The first-order valence-corrected chi connectivity index (χ1v) is 8.89. The smallest absolute Gasteiger partial charge is 0.315 e. The van der Waals surface area contributed by atoms with Gasteiger partial charge in [0.1, 0.15) is 0 Å². The third-order valence-electron chi connectivity index (χ3n) is 4.56. The fourth-order valence-electron chi connectivity index (χ4n) is 3.39. The second-order valence-corrected chi connectivity index (χ2v) is 7.02.